The summed E-state index contributed by atoms with van der Waals surface area (Å²) in [5.74, 6) is -2.44. The normalized spacial score (nSPS) is 31.1. The Hall–Kier alpha value is -3.04. The Kier molecular flexibility index (Phi) is 7.66. The van der Waals surface area contributed by atoms with E-state index >= 15 is 0 Å². The van der Waals surface area contributed by atoms with Gasteiger partial charge in [-0.1, -0.05) is 6.92 Å². The van der Waals surface area contributed by atoms with E-state index < -0.39 is 17.9 Å². The molecule has 212 valence electrons. The molecule has 1 aromatic rings. The molecule has 0 saturated carbocycles. The largest absolute Gasteiger partial charge is 0.477 e. The molecule has 0 radical (unpaired) electrons. The van der Waals surface area contributed by atoms with Gasteiger partial charge in [-0.25, -0.2) is 9.48 Å². The Bertz CT molecular complexity index is 1170. The summed E-state index contributed by atoms with van der Waals surface area (Å²) < 4.78 is 1.28. The van der Waals surface area contributed by atoms with Crippen molar-refractivity contribution >= 4 is 35.5 Å². The first kappa shape index (κ1) is 27.5. The lowest BCUT2D eigenvalue weighted by Crippen LogP contribution is -2.66. The molecule has 3 amide bonds. The van der Waals surface area contributed by atoms with Gasteiger partial charge in [-0.3, -0.25) is 14.4 Å². The van der Waals surface area contributed by atoms with E-state index in [1.165, 1.54) is 27.7 Å². The highest BCUT2D eigenvalue weighted by Gasteiger charge is 2.60. The summed E-state index contributed by atoms with van der Waals surface area (Å²) in [6.45, 7) is 5.66. The molecule has 7 atom stereocenters. The highest BCUT2D eigenvalue weighted by atomic mass is 32.2. The first-order valence-electron chi connectivity index (χ1n) is 13.2. The van der Waals surface area contributed by atoms with Gasteiger partial charge >= 0.3 is 5.97 Å². The Morgan fingerprint density at radius 3 is 2.74 bits per heavy atom. The SMILES string of the molecule is C[C@@H](NC(=O)Cn1cnnn1)[C@H]1C(=O)N2C(C(=O)O)=C(S[C@@H]3CN[C@H](C(=O)N4CCC(N(C)C)C4)C3)[C@H](C)[C@H]12. The van der Waals surface area contributed by atoms with Crippen molar-refractivity contribution in [3.05, 3.63) is 16.9 Å². The van der Waals surface area contributed by atoms with Crippen LogP contribution in [0.1, 0.15) is 26.7 Å². The van der Waals surface area contributed by atoms with Crippen molar-refractivity contribution in [3.8, 4) is 0 Å². The van der Waals surface area contributed by atoms with Crippen LogP contribution in [0.15, 0.2) is 16.9 Å². The number of carboxylic acid groups (broad SMARTS) is 1. The van der Waals surface area contributed by atoms with Crippen molar-refractivity contribution in [1.82, 2.24) is 45.5 Å². The van der Waals surface area contributed by atoms with Gasteiger partial charge in [0.15, 0.2) is 0 Å². The van der Waals surface area contributed by atoms with Crippen LogP contribution in [0.5, 0.6) is 0 Å². The Balaban J connectivity index is 1.22. The molecular formula is C24H35N9O5S. The number of likely N-dealkylation sites (tertiary alicyclic amines) is 1. The second kappa shape index (κ2) is 10.8. The Labute approximate surface area is 230 Å². The number of nitrogens with zero attached hydrogens (tertiary/aromatic N) is 7. The number of hydrogen-bond acceptors (Lipinski definition) is 10. The summed E-state index contributed by atoms with van der Waals surface area (Å²) >= 11 is 1.46. The molecule has 4 aliphatic heterocycles. The van der Waals surface area contributed by atoms with E-state index in [9.17, 15) is 24.3 Å². The molecule has 1 aromatic heterocycles. The predicted molar refractivity (Wildman–Crippen MR) is 140 cm³/mol. The first-order chi connectivity index (χ1) is 18.6. The van der Waals surface area contributed by atoms with Gasteiger partial charge in [0.2, 0.25) is 17.7 Å². The van der Waals surface area contributed by atoms with Crippen LogP contribution in [-0.4, -0.2) is 127 Å². The van der Waals surface area contributed by atoms with Crippen LogP contribution < -0.4 is 10.6 Å². The standard InChI is InChI=1S/C24H35N9O5S/c1-12-19-18(13(2)27-17(34)10-32-11-26-28-29-32)23(36)33(19)20(24(37)38)21(12)39-15-7-16(25-8-15)22(35)31-6-5-14(9-31)30(3)4/h11-16,18-19,25H,5-10H2,1-4H3,(H,27,34)(H,37,38)/t12-,13-,14?,15+,16+,18-,19-/m1/s1. The molecular weight excluding hydrogens is 526 g/mol. The molecule has 1 unspecified atom stereocenters. The van der Waals surface area contributed by atoms with Crippen molar-refractivity contribution in [2.75, 3.05) is 33.7 Å². The van der Waals surface area contributed by atoms with Crippen LogP contribution in [0, 0.1) is 11.8 Å². The minimum absolute atomic E-state index is 0.0127. The molecule has 14 nitrogen and oxygen atoms in total. The first-order valence-corrected chi connectivity index (χ1v) is 14.1. The molecule has 4 aliphatic rings. The molecule has 3 N–H and O–H groups in total. The van der Waals surface area contributed by atoms with Gasteiger partial charge in [-0.2, -0.15) is 0 Å². The lowest BCUT2D eigenvalue weighted by Gasteiger charge is -2.47. The summed E-state index contributed by atoms with van der Waals surface area (Å²) in [6.07, 6.45) is 2.88. The van der Waals surface area contributed by atoms with E-state index in [2.05, 4.69) is 31.1 Å². The van der Waals surface area contributed by atoms with Crippen molar-refractivity contribution in [3.63, 3.8) is 0 Å². The number of carboxylic acids is 1. The number of rotatable bonds is 9. The summed E-state index contributed by atoms with van der Waals surface area (Å²) in [7, 11) is 4.05. The fourth-order valence-corrected chi connectivity index (χ4v) is 7.71. The van der Waals surface area contributed by atoms with Crippen LogP contribution in [-0.2, 0) is 25.7 Å². The number of nitrogens with one attached hydrogen (secondary N) is 2. The van der Waals surface area contributed by atoms with E-state index in [-0.39, 0.29) is 53.2 Å². The summed E-state index contributed by atoms with van der Waals surface area (Å²) in [5, 5.41) is 26.9. The molecule has 3 saturated heterocycles. The number of hydrogen-bond donors (Lipinski definition) is 3. The number of tetrazole rings is 1. The Morgan fingerprint density at radius 2 is 2.10 bits per heavy atom. The summed E-state index contributed by atoms with van der Waals surface area (Å²) in [4.78, 5) is 57.1. The number of likely N-dealkylation sites (N-methyl/N-ethyl adjacent to an activating group) is 1. The van der Waals surface area contributed by atoms with Crippen LogP contribution in [0.25, 0.3) is 0 Å². The van der Waals surface area contributed by atoms with E-state index in [4.69, 9.17) is 0 Å². The number of thioether (sulfide) groups is 1. The minimum atomic E-state index is -1.14. The van der Waals surface area contributed by atoms with Crippen molar-refractivity contribution in [2.24, 2.45) is 11.8 Å². The number of carbonyl (C=O) groups excluding carboxylic acids is 3. The lowest BCUT2D eigenvalue weighted by atomic mass is 9.78. The minimum Gasteiger partial charge on any atom is -0.477 e. The van der Waals surface area contributed by atoms with E-state index in [1.807, 2.05) is 25.9 Å². The number of carbonyl (C=O) groups is 4. The average Bonchev–Trinajstić information content (AvgIpc) is 3.67. The second-order valence-corrected chi connectivity index (χ2v) is 12.4. The monoisotopic (exact) mass is 561 g/mol. The van der Waals surface area contributed by atoms with E-state index in [0.717, 1.165) is 19.5 Å². The quantitative estimate of drug-likeness (QED) is 0.303. The maximum absolute atomic E-state index is 13.2. The van der Waals surface area contributed by atoms with Crippen molar-refractivity contribution < 1.29 is 24.3 Å². The van der Waals surface area contributed by atoms with Gasteiger partial charge in [0, 0.05) is 47.8 Å². The molecule has 0 aromatic carbocycles. The zero-order chi connectivity index (χ0) is 28.0. The van der Waals surface area contributed by atoms with Gasteiger partial charge in [0.05, 0.1) is 18.0 Å². The van der Waals surface area contributed by atoms with Crippen LogP contribution in [0.4, 0.5) is 0 Å². The molecule has 5 rings (SSSR count). The fourth-order valence-electron chi connectivity index (χ4n) is 6.23. The number of β-lactam (4-membered cyclic amide) rings is 1. The van der Waals surface area contributed by atoms with Crippen LogP contribution in [0.3, 0.4) is 0 Å². The van der Waals surface area contributed by atoms with Gasteiger partial charge in [-0.05, 0) is 44.3 Å². The molecule has 0 bridgehead atoms. The fraction of sp³-hybridized carbons (Fsp3) is 0.708. The maximum atomic E-state index is 13.2. The molecule has 5 heterocycles. The topological polar surface area (TPSA) is 166 Å². The molecule has 3 fully saturated rings. The third kappa shape index (κ3) is 5.14. The van der Waals surface area contributed by atoms with Crippen LogP contribution >= 0.6 is 11.8 Å². The smallest absolute Gasteiger partial charge is 0.353 e. The van der Waals surface area contributed by atoms with Crippen molar-refractivity contribution in [2.45, 2.75) is 62.7 Å². The summed E-state index contributed by atoms with van der Waals surface area (Å²) in [5.41, 5.74) is 0.0223. The maximum Gasteiger partial charge on any atom is 0.353 e. The van der Waals surface area contributed by atoms with Gasteiger partial charge in [-0.15, -0.1) is 16.9 Å². The van der Waals surface area contributed by atoms with Crippen LogP contribution in [0.2, 0.25) is 0 Å². The summed E-state index contributed by atoms with van der Waals surface area (Å²) in [6, 6.07) is -0.777. The van der Waals surface area contributed by atoms with Crippen molar-refractivity contribution in [1.29, 1.82) is 0 Å². The third-order valence-electron chi connectivity index (χ3n) is 8.30. The number of aliphatic carboxylic acids is 1. The average molecular weight is 562 g/mol. The van der Waals surface area contributed by atoms with Gasteiger partial charge in [0.25, 0.3) is 0 Å². The highest BCUT2D eigenvalue weighted by molar-refractivity contribution is 8.03. The Morgan fingerprint density at radius 1 is 1.33 bits per heavy atom. The molecule has 15 heteroatoms. The second-order valence-electron chi connectivity index (χ2n) is 11.0. The van der Waals surface area contributed by atoms with E-state index in [0.29, 0.717) is 23.9 Å². The number of amides is 3. The predicted octanol–water partition coefficient (Wildman–Crippen LogP) is -1.42. The zero-order valence-corrected chi connectivity index (χ0v) is 23.3. The van der Waals surface area contributed by atoms with Gasteiger partial charge in [0.1, 0.15) is 18.6 Å². The zero-order valence-electron chi connectivity index (χ0n) is 22.5. The number of fused-ring (bicyclic) bond motifs is 1. The number of aromatic nitrogens is 4. The molecule has 39 heavy (non-hydrogen) atoms. The lowest BCUT2D eigenvalue weighted by molar-refractivity contribution is -0.158. The van der Waals surface area contributed by atoms with Gasteiger partial charge < -0.3 is 30.4 Å². The molecule has 0 spiro atoms. The molecule has 0 aliphatic carbocycles. The van der Waals surface area contributed by atoms with E-state index in [1.54, 1.807) is 6.92 Å². The third-order valence-corrected chi connectivity index (χ3v) is 9.81. The highest BCUT2D eigenvalue weighted by Crippen LogP contribution is 2.51.